The number of anilines is 3. The van der Waals surface area contributed by atoms with Crippen LogP contribution in [0.4, 0.5) is 22.0 Å². The fourth-order valence-corrected chi connectivity index (χ4v) is 4.83. The molecule has 0 spiro atoms. The van der Waals surface area contributed by atoms with Crippen LogP contribution in [0.5, 0.6) is 0 Å². The maximum absolute atomic E-state index is 12.4. The van der Waals surface area contributed by atoms with Crippen molar-refractivity contribution in [1.29, 1.82) is 0 Å². The van der Waals surface area contributed by atoms with Crippen molar-refractivity contribution >= 4 is 51.5 Å². The highest BCUT2D eigenvalue weighted by Crippen LogP contribution is 2.32. The first-order valence-corrected chi connectivity index (χ1v) is 13.1. The van der Waals surface area contributed by atoms with Crippen LogP contribution < -0.4 is 10.2 Å². The summed E-state index contributed by atoms with van der Waals surface area (Å²) in [6, 6.07) is 7.97. The van der Waals surface area contributed by atoms with E-state index in [4.69, 9.17) is 16.3 Å². The minimum Gasteiger partial charge on any atom is -0.444 e. The molecule has 2 aliphatic heterocycles. The number of ether oxygens (including phenoxy) is 1. The number of nitrogens with one attached hydrogen (secondary N) is 2. The summed E-state index contributed by atoms with van der Waals surface area (Å²) in [5.41, 5.74) is 4.28. The van der Waals surface area contributed by atoms with E-state index in [0.29, 0.717) is 18.2 Å². The van der Waals surface area contributed by atoms with Gasteiger partial charge in [-0.15, -0.1) is 0 Å². The summed E-state index contributed by atoms with van der Waals surface area (Å²) in [4.78, 5) is 31.3. The molecule has 2 N–H and O–H groups in total. The fraction of sp³-hybridized carbons (Fsp3) is 0.444. The first kappa shape index (κ1) is 25.4. The number of aromatic amines is 1. The Morgan fingerprint density at radius 2 is 1.92 bits per heavy atom. The highest BCUT2D eigenvalue weighted by Gasteiger charge is 2.24. The highest BCUT2D eigenvalue weighted by atomic mass is 35.5. The second-order valence-electron chi connectivity index (χ2n) is 10.7. The van der Waals surface area contributed by atoms with Crippen LogP contribution >= 0.6 is 11.6 Å². The first-order chi connectivity index (χ1) is 17.6. The lowest BCUT2D eigenvalue weighted by Gasteiger charge is -2.33. The zero-order valence-electron chi connectivity index (χ0n) is 21.8. The molecule has 1 fully saturated rings. The van der Waals surface area contributed by atoms with Crippen LogP contribution in [0.1, 0.15) is 32.9 Å². The molecule has 5 heterocycles. The summed E-state index contributed by atoms with van der Waals surface area (Å²) in [5.74, 6) is 0.880. The number of aromatic nitrogens is 3. The lowest BCUT2D eigenvalue weighted by atomic mass is 10.0. The minimum atomic E-state index is -0.502. The second-order valence-corrected chi connectivity index (χ2v) is 11.0. The zero-order chi connectivity index (χ0) is 26.2. The predicted molar refractivity (Wildman–Crippen MR) is 149 cm³/mol. The molecule has 0 aromatic carbocycles. The van der Waals surface area contributed by atoms with Crippen molar-refractivity contribution in [2.75, 3.05) is 56.5 Å². The summed E-state index contributed by atoms with van der Waals surface area (Å²) in [7, 11) is 2.13. The molecular weight excluding hydrogens is 490 g/mol. The molecule has 37 heavy (non-hydrogen) atoms. The molecule has 0 saturated carbocycles. The van der Waals surface area contributed by atoms with Crippen molar-refractivity contribution in [3.05, 3.63) is 47.4 Å². The summed E-state index contributed by atoms with van der Waals surface area (Å²) >= 11 is 6.41. The molecule has 5 rings (SSSR count). The quantitative estimate of drug-likeness (QED) is 0.458. The number of carbonyl (C=O) groups is 1. The third kappa shape index (κ3) is 5.99. The molecule has 2 aliphatic rings. The van der Waals surface area contributed by atoms with E-state index in [1.807, 2.05) is 39.0 Å². The molecule has 196 valence electrons. The Bertz CT molecular complexity index is 1320. The van der Waals surface area contributed by atoms with Crippen molar-refractivity contribution < 1.29 is 9.53 Å². The van der Waals surface area contributed by atoms with Gasteiger partial charge in [0.05, 0.1) is 5.69 Å². The Balaban J connectivity index is 1.34. The van der Waals surface area contributed by atoms with Gasteiger partial charge in [-0.2, -0.15) is 0 Å². The normalized spacial score (nSPS) is 17.2. The van der Waals surface area contributed by atoms with E-state index in [-0.39, 0.29) is 6.09 Å². The lowest BCUT2D eigenvalue weighted by Crippen LogP contribution is -2.44. The van der Waals surface area contributed by atoms with Gasteiger partial charge in [0.25, 0.3) is 0 Å². The number of nitrogens with zero attached hydrogens (tertiary/aromatic N) is 5. The van der Waals surface area contributed by atoms with E-state index < -0.39 is 5.60 Å². The summed E-state index contributed by atoms with van der Waals surface area (Å²) in [6.45, 7) is 10.6. The van der Waals surface area contributed by atoms with Gasteiger partial charge in [-0.05, 0) is 58.0 Å². The average Bonchev–Trinajstić information content (AvgIpc) is 3.29. The Hall–Kier alpha value is -3.30. The molecule has 0 radical (unpaired) electrons. The monoisotopic (exact) mass is 523 g/mol. The predicted octanol–water partition coefficient (Wildman–Crippen LogP) is 5.13. The zero-order valence-corrected chi connectivity index (χ0v) is 22.6. The number of hydrogen-bond donors (Lipinski definition) is 2. The smallest absolute Gasteiger partial charge is 0.410 e. The molecule has 0 unspecified atom stereocenters. The van der Waals surface area contributed by atoms with Crippen molar-refractivity contribution in [3.8, 4) is 0 Å². The van der Waals surface area contributed by atoms with Crippen LogP contribution in [-0.4, -0.2) is 82.8 Å². The SMILES string of the molecule is CN1CCN(c2cc(Nc3ccnc4[nH]c(C5=CCN(C(=O)OC(C)(C)C)CC5)cc34)cc(Cl)n2)CC1. The summed E-state index contributed by atoms with van der Waals surface area (Å²) in [5, 5.41) is 4.97. The van der Waals surface area contributed by atoms with E-state index in [9.17, 15) is 4.79 Å². The van der Waals surface area contributed by atoms with Gasteiger partial charge < -0.3 is 29.7 Å². The van der Waals surface area contributed by atoms with E-state index in [1.165, 1.54) is 0 Å². The molecule has 1 amide bonds. The van der Waals surface area contributed by atoms with Gasteiger partial charge in [0.2, 0.25) is 0 Å². The third-order valence-corrected chi connectivity index (χ3v) is 6.82. The number of carbonyl (C=O) groups excluding carboxylic acids is 1. The number of amides is 1. The molecule has 0 aliphatic carbocycles. The van der Waals surface area contributed by atoms with E-state index in [1.54, 1.807) is 11.1 Å². The lowest BCUT2D eigenvalue weighted by molar-refractivity contribution is 0.0270. The number of H-pyrrole nitrogens is 1. The maximum atomic E-state index is 12.4. The number of fused-ring (bicyclic) bond motifs is 1. The summed E-state index contributed by atoms with van der Waals surface area (Å²) < 4.78 is 5.51. The minimum absolute atomic E-state index is 0.278. The molecule has 0 atom stereocenters. The first-order valence-electron chi connectivity index (χ1n) is 12.7. The Morgan fingerprint density at radius 3 is 2.62 bits per heavy atom. The van der Waals surface area contributed by atoms with Gasteiger partial charge in [0, 0.05) is 68.3 Å². The molecule has 0 bridgehead atoms. The van der Waals surface area contributed by atoms with Crippen LogP contribution in [0, 0.1) is 0 Å². The van der Waals surface area contributed by atoms with Gasteiger partial charge in [-0.25, -0.2) is 14.8 Å². The molecule has 9 nitrogen and oxygen atoms in total. The number of halogens is 1. The highest BCUT2D eigenvalue weighted by molar-refractivity contribution is 6.29. The maximum Gasteiger partial charge on any atom is 0.410 e. The molecule has 1 saturated heterocycles. The number of pyridine rings is 2. The van der Waals surface area contributed by atoms with Crippen molar-refractivity contribution in [2.45, 2.75) is 32.8 Å². The summed E-state index contributed by atoms with van der Waals surface area (Å²) in [6.07, 6.45) is 4.33. The van der Waals surface area contributed by atoms with Gasteiger partial charge in [0.1, 0.15) is 22.2 Å². The fourth-order valence-electron chi connectivity index (χ4n) is 4.62. The van der Waals surface area contributed by atoms with Gasteiger partial charge in [0.15, 0.2) is 0 Å². The number of hydrogen-bond acceptors (Lipinski definition) is 7. The van der Waals surface area contributed by atoms with Crippen LogP contribution in [0.2, 0.25) is 5.15 Å². The van der Waals surface area contributed by atoms with Crippen LogP contribution in [-0.2, 0) is 4.74 Å². The van der Waals surface area contributed by atoms with Crippen LogP contribution in [0.25, 0.3) is 16.6 Å². The Labute approximate surface area is 222 Å². The third-order valence-electron chi connectivity index (χ3n) is 6.63. The van der Waals surface area contributed by atoms with E-state index >= 15 is 0 Å². The Kier molecular flexibility index (Phi) is 7.00. The average molecular weight is 524 g/mol. The molecule has 3 aromatic rings. The topological polar surface area (TPSA) is 89.6 Å². The molecular formula is C27H34ClN7O2. The van der Waals surface area contributed by atoms with Crippen molar-refractivity contribution in [2.24, 2.45) is 0 Å². The number of rotatable bonds is 4. The largest absolute Gasteiger partial charge is 0.444 e. The van der Waals surface area contributed by atoms with Gasteiger partial charge in [-0.1, -0.05) is 17.7 Å². The Morgan fingerprint density at radius 1 is 1.14 bits per heavy atom. The van der Waals surface area contributed by atoms with Gasteiger partial charge in [-0.3, -0.25) is 0 Å². The molecule has 3 aromatic heterocycles. The number of piperazine rings is 1. The molecule has 10 heteroatoms. The van der Waals surface area contributed by atoms with Gasteiger partial charge >= 0.3 is 6.09 Å². The van der Waals surface area contributed by atoms with Crippen LogP contribution in [0.3, 0.4) is 0 Å². The van der Waals surface area contributed by atoms with Crippen molar-refractivity contribution in [1.82, 2.24) is 24.8 Å². The second kappa shape index (κ2) is 10.2. The standard InChI is InChI=1S/C27H34ClN7O2/c1-27(2,3)37-26(36)35-9-6-18(7-10-35)22-17-20-21(5-8-29-25(20)31-22)30-19-15-23(28)32-24(16-19)34-13-11-33(4)12-14-34/h5-6,8,15-17H,7,9-14H2,1-4H3,(H2,29,30,31,32). The van der Waals surface area contributed by atoms with E-state index in [0.717, 1.165) is 72.1 Å². The number of likely N-dealkylation sites (N-methyl/N-ethyl adjacent to an activating group) is 1. The van der Waals surface area contributed by atoms with E-state index in [2.05, 4.69) is 49.3 Å². The van der Waals surface area contributed by atoms with Crippen LogP contribution in [0.15, 0.2) is 36.5 Å². The van der Waals surface area contributed by atoms with Crippen molar-refractivity contribution in [3.63, 3.8) is 0 Å².